The standard InChI is InChI=1S/C18H27N3O3S/c22-17-5-1-8-20(17)9-3-7-19-18(23)21(12-15-6-11-25-14-15)13-16-4-2-10-24-16/h6,11,14,16H,1-5,7-10,12-13H2,(H,19,23)/t16-/m0/s1. The molecule has 3 amide bonds. The molecule has 138 valence electrons. The topological polar surface area (TPSA) is 61.9 Å². The quantitative estimate of drug-likeness (QED) is 0.720. The van der Waals surface area contributed by atoms with Crippen molar-refractivity contribution in [2.75, 3.05) is 32.8 Å². The molecule has 3 rings (SSSR count). The highest BCUT2D eigenvalue weighted by Crippen LogP contribution is 2.16. The molecule has 0 aliphatic carbocycles. The van der Waals surface area contributed by atoms with Crippen LogP contribution in [-0.2, 0) is 16.1 Å². The highest BCUT2D eigenvalue weighted by molar-refractivity contribution is 7.07. The average molecular weight is 365 g/mol. The fourth-order valence-corrected chi connectivity index (χ4v) is 4.03. The van der Waals surface area contributed by atoms with Crippen molar-refractivity contribution in [2.24, 2.45) is 0 Å². The van der Waals surface area contributed by atoms with Gasteiger partial charge in [0, 0.05) is 45.8 Å². The van der Waals surface area contributed by atoms with Crippen LogP contribution in [-0.4, -0.2) is 60.6 Å². The van der Waals surface area contributed by atoms with E-state index in [-0.39, 0.29) is 18.0 Å². The molecule has 6 nitrogen and oxygen atoms in total. The highest BCUT2D eigenvalue weighted by Gasteiger charge is 2.23. The normalized spacial score (nSPS) is 20.2. The zero-order valence-electron chi connectivity index (χ0n) is 14.6. The van der Waals surface area contributed by atoms with Gasteiger partial charge in [-0.1, -0.05) is 0 Å². The van der Waals surface area contributed by atoms with E-state index in [9.17, 15) is 9.59 Å². The van der Waals surface area contributed by atoms with Gasteiger partial charge in [-0.25, -0.2) is 4.79 Å². The van der Waals surface area contributed by atoms with E-state index in [0.29, 0.717) is 26.1 Å². The fraction of sp³-hybridized carbons (Fsp3) is 0.667. The summed E-state index contributed by atoms with van der Waals surface area (Å²) in [5.41, 5.74) is 1.15. The van der Waals surface area contributed by atoms with Crippen molar-refractivity contribution in [3.8, 4) is 0 Å². The minimum atomic E-state index is -0.0468. The maximum absolute atomic E-state index is 12.6. The molecule has 1 atom stereocenters. The first-order valence-electron chi connectivity index (χ1n) is 9.15. The van der Waals surface area contributed by atoms with Crippen LogP contribution in [0.2, 0.25) is 0 Å². The number of amides is 3. The summed E-state index contributed by atoms with van der Waals surface area (Å²) in [5, 5.41) is 7.12. The van der Waals surface area contributed by atoms with Crippen LogP contribution < -0.4 is 5.32 Å². The van der Waals surface area contributed by atoms with Crippen LogP contribution in [0, 0.1) is 0 Å². The fourth-order valence-electron chi connectivity index (χ4n) is 3.37. The van der Waals surface area contributed by atoms with E-state index in [1.807, 2.05) is 15.2 Å². The lowest BCUT2D eigenvalue weighted by molar-refractivity contribution is -0.127. The van der Waals surface area contributed by atoms with Gasteiger partial charge in [0.25, 0.3) is 0 Å². The predicted octanol–water partition coefficient (Wildman–Crippen LogP) is 2.45. The molecule has 1 aromatic rings. The van der Waals surface area contributed by atoms with Crippen LogP contribution in [0.4, 0.5) is 4.79 Å². The van der Waals surface area contributed by atoms with Crippen LogP contribution in [0.1, 0.15) is 37.7 Å². The van der Waals surface area contributed by atoms with Crippen LogP contribution >= 0.6 is 11.3 Å². The van der Waals surface area contributed by atoms with E-state index in [0.717, 1.165) is 50.9 Å². The minimum Gasteiger partial charge on any atom is -0.376 e. The van der Waals surface area contributed by atoms with Crippen LogP contribution in [0.5, 0.6) is 0 Å². The van der Waals surface area contributed by atoms with Gasteiger partial charge in [-0.05, 0) is 48.1 Å². The van der Waals surface area contributed by atoms with Gasteiger partial charge >= 0.3 is 6.03 Å². The van der Waals surface area contributed by atoms with Gasteiger partial charge in [0.05, 0.1) is 6.10 Å². The Morgan fingerprint density at radius 1 is 1.44 bits per heavy atom. The number of nitrogens with zero attached hydrogens (tertiary/aromatic N) is 2. The molecular weight excluding hydrogens is 338 g/mol. The number of hydrogen-bond donors (Lipinski definition) is 1. The van der Waals surface area contributed by atoms with Gasteiger partial charge in [0.15, 0.2) is 0 Å². The Bertz CT molecular complexity index is 558. The second-order valence-corrected chi connectivity index (χ2v) is 7.50. The van der Waals surface area contributed by atoms with Crippen molar-refractivity contribution < 1.29 is 14.3 Å². The molecule has 2 aliphatic rings. The Hall–Kier alpha value is -1.60. The summed E-state index contributed by atoms with van der Waals surface area (Å²) >= 11 is 1.64. The van der Waals surface area contributed by atoms with Gasteiger partial charge in [-0.15, -0.1) is 0 Å². The molecule has 2 aliphatic heterocycles. The Morgan fingerprint density at radius 3 is 3.04 bits per heavy atom. The van der Waals surface area contributed by atoms with Crippen molar-refractivity contribution in [1.29, 1.82) is 0 Å². The summed E-state index contributed by atoms with van der Waals surface area (Å²) in [6, 6.07) is 2.01. The zero-order valence-corrected chi connectivity index (χ0v) is 15.4. The molecule has 2 saturated heterocycles. The number of thiophene rings is 1. The number of urea groups is 1. The SMILES string of the molecule is O=C1CCCN1CCCNC(=O)N(Cc1ccsc1)C[C@@H]1CCCO1. The van der Waals surface area contributed by atoms with Crippen LogP contribution in [0.25, 0.3) is 0 Å². The molecule has 0 spiro atoms. The molecular formula is C18H27N3O3S. The van der Waals surface area contributed by atoms with Crippen molar-refractivity contribution in [3.05, 3.63) is 22.4 Å². The Kier molecular flexibility index (Phi) is 6.69. The molecule has 1 N–H and O–H groups in total. The highest BCUT2D eigenvalue weighted by atomic mass is 32.1. The van der Waals surface area contributed by atoms with Gasteiger partial charge < -0.3 is 19.9 Å². The summed E-state index contributed by atoms with van der Waals surface area (Å²) in [6.45, 7) is 4.22. The molecule has 0 unspecified atom stereocenters. The third-order valence-corrected chi connectivity index (χ3v) is 5.47. The second-order valence-electron chi connectivity index (χ2n) is 6.72. The number of nitrogens with one attached hydrogen (secondary N) is 1. The molecule has 3 heterocycles. The zero-order chi connectivity index (χ0) is 17.5. The summed E-state index contributed by atoms with van der Waals surface area (Å²) < 4.78 is 5.69. The van der Waals surface area contributed by atoms with Crippen molar-refractivity contribution >= 4 is 23.3 Å². The third-order valence-electron chi connectivity index (χ3n) is 4.74. The maximum atomic E-state index is 12.6. The molecule has 2 fully saturated rings. The van der Waals surface area contributed by atoms with Gasteiger partial charge in [0.2, 0.25) is 5.91 Å². The largest absolute Gasteiger partial charge is 0.376 e. The molecule has 7 heteroatoms. The Morgan fingerprint density at radius 2 is 2.36 bits per heavy atom. The lowest BCUT2D eigenvalue weighted by atomic mass is 10.2. The molecule has 0 saturated carbocycles. The number of carbonyl (C=O) groups is 2. The lowest BCUT2D eigenvalue weighted by Gasteiger charge is -2.25. The molecule has 25 heavy (non-hydrogen) atoms. The first-order chi connectivity index (χ1) is 12.2. The predicted molar refractivity (Wildman–Crippen MR) is 97.5 cm³/mol. The smallest absolute Gasteiger partial charge is 0.317 e. The summed E-state index contributed by atoms with van der Waals surface area (Å²) in [4.78, 5) is 27.9. The second kappa shape index (κ2) is 9.20. The average Bonchev–Trinajstić information content (AvgIpc) is 3.35. The minimum absolute atomic E-state index is 0.0468. The third kappa shape index (κ3) is 5.44. The van der Waals surface area contributed by atoms with Crippen LogP contribution in [0.3, 0.4) is 0 Å². The maximum Gasteiger partial charge on any atom is 0.317 e. The Balaban J connectivity index is 1.44. The Labute approximate surface area is 153 Å². The summed E-state index contributed by atoms with van der Waals surface area (Å²) in [5.74, 6) is 0.240. The van der Waals surface area contributed by atoms with Gasteiger partial charge in [-0.3, -0.25) is 4.79 Å². The van der Waals surface area contributed by atoms with Crippen molar-refractivity contribution in [2.45, 2.75) is 44.8 Å². The summed E-state index contributed by atoms with van der Waals surface area (Å²) in [7, 11) is 0. The van der Waals surface area contributed by atoms with Crippen molar-refractivity contribution in [3.63, 3.8) is 0 Å². The number of likely N-dealkylation sites (tertiary alicyclic amines) is 1. The van der Waals surface area contributed by atoms with E-state index in [2.05, 4.69) is 16.8 Å². The van der Waals surface area contributed by atoms with E-state index in [1.165, 1.54) is 0 Å². The number of ether oxygens (including phenoxy) is 1. The molecule has 0 bridgehead atoms. The molecule has 1 aromatic heterocycles. The van der Waals surface area contributed by atoms with E-state index < -0.39 is 0 Å². The van der Waals surface area contributed by atoms with Gasteiger partial charge in [-0.2, -0.15) is 11.3 Å². The number of hydrogen-bond acceptors (Lipinski definition) is 4. The van der Waals surface area contributed by atoms with E-state index in [4.69, 9.17) is 4.74 Å². The van der Waals surface area contributed by atoms with Crippen molar-refractivity contribution in [1.82, 2.24) is 15.1 Å². The lowest BCUT2D eigenvalue weighted by Crippen LogP contribution is -2.44. The number of rotatable bonds is 8. The summed E-state index contributed by atoms with van der Waals surface area (Å²) in [6.07, 6.45) is 4.66. The van der Waals surface area contributed by atoms with E-state index in [1.54, 1.807) is 11.3 Å². The van der Waals surface area contributed by atoms with E-state index >= 15 is 0 Å². The molecule has 0 aromatic carbocycles. The first kappa shape index (κ1) is 18.2. The molecule has 0 radical (unpaired) electrons. The number of carbonyl (C=O) groups excluding carboxylic acids is 2. The van der Waals surface area contributed by atoms with Gasteiger partial charge in [0.1, 0.15) is 0 Å². The first-order valence-corrected chi connectivity index (χ1v) is 10.1. The van der Waals surface area contributed by atoms with Crippen LogP contribution in [0.15, 0.2) is 16.8 Å². The monoisotopic (exact) mass is 365 g/mol.